The minimum Gasteiger partial charge on any atom is -0.457 e. The molecule has 6 heteroatoms. The molecule has 0 saturated heterocycles. The normalized spacial score (nSPS) is 13.6. The number of nitrogens with zero attached hydrogens (tertiary/aromatic N) is 4. The van der Waals surface area contributed by atoms with Crippen LogP contribution in [0.1, 0.15) is 5.56 Å². The molecule has 0 spiro atoms. The van der Waals surface area contributed by atoms with E-state index in [1.807, 2.05) is 48.9 Å². The van der Waals surface area contributed by atoms with E-state index >= 15 is 0 Å². The van der Waals surface area contributed by atoms with Gasteiger partial charge in [0.05, 0.1) is 22.4 Å². The first-order chi connectivity index (χ1) is 28.0. The fourth-order valence-corrected chi connectivity index (χ4v) is 12.2. The number of aromatic nitrogens is 2. The number of para-hydroxylation sites is 3. The van der Waals surface area contributed by atoms with Crippen LogP contribution in [0.5, 0.6) is 11.5 Å². The number of hydrogen-bond donors (Lipinski definition) is 0. The van der Waals surface area contributed by atoms with Gasteiger partial charge in [0.15, 0.2) is 0 Å². The third kappa shape index (κ3) is 5.14. The Morgan fingerprint density at radius 3 is 1.95 bits per heavy atom. The smallest absolute Gasteiger partial charge is 0.145 e. The minimum atomic E-state index is -2.06. The van der Waals surface area contributed by atoms with Crippen LogP contribution < -0.4 is 20.0 Å². The second-order valence-electron chi connectivity index (χ2n) is 15.5. The molecule has 1 aliphatic rings. The summed E-state index contributed by atoms with van der Waals surface area (Å²) in [7, 11) is -2.06. The monoisotopic (exact) mass is 750 g/mol. The second kappa shape index (κ2) is 12.8. The Bertz CT molecular complexity index is 3330. The van der Waals surface area contributed by atoms with Gasteiger partial charge in [0, 0.05) is 45.6 Å². The van der Waals surface area contributed by atoms with Crippen LogP contribution in [0.25, 0.3) is 59.8 Å². The van der Waals surface area contributed by atoms with E-state index in [9.17, 15) is 0 Å². The number of hydrogen-bond acceptors (Lipinski definition) is 3. The molecule has 4 heterocycles. The lowest BCUT2D eigenvalue weighted by Crippen LogP contribution is -2.59. The van der Waals surface area contributed by atoms with E-state index in [2.05, 4.69) is 157 Å². The Labute approximate surface area is 331 Å². The summed E-state index contributed by atoms with van der Waals surface area (Å²) in [5, 5.41) is 12.1. The summed E-state index contributed by atoms with van der Waals surface area (Å²) >= 11 is 0. The van der Waals surface area contributed by atoms with Crippen molar-refractivity contribution in [2.24, 2.45) is 4.99 Å². The zero-order chi connectivity index (χ0) is 38.3. The van der Waals surface area contributed by atoms with Gasteiger partial charge in [0.25, 0.3) is 0 Å². The molecule has 0 amide bonds. The molecule has 1 aliphatic heterocycles. The Hall–Kier alpha value is -7.02. The number of pyridine rings is 1. The van der Waals surface area contributed by atoms with Gasteiger partial charge in [0.2, 0.25) is 0 Å². The van der Waals surface area contributed by atoms with E-state index in [-0.39, 0.29) is 0 Å². The van der Waals surface area contributed by atoms with E-state index in [0.29, 0.717) is 0 Å². The van der Waals surface area contributed by atoms with E-state index in [0.717, 1.165) is 55.7 Å². The van der Waals surface area contributed by atoms with Gasteiger partial charge in [-0.3, -0.25) is 4.40 Å². The summed E-state index contributed by atoms with van der Waals surface area (Å²) < 4.78 is 9.24. The van der Waals surface area contributed by atoms with E-state index < -0.39 is 8.07 Å². The molecule has 7 aromatic carbocycles. The van der Waals surface area contributed by atoms with Crippen molar-refractivity contribution in [1.82, 2.24) is 9.38 Å². The molecular formula is C51H38N4OSi. The largest absolute Gasteiger partial charge is 0.457 e. The molecular weight excluding hydrogens is 713 g/mol. The van der Waals surface area contributed by atoms with Gasteiger partial charge in [-0.25, -0.2) is 9.98 Å². The SMILES string of the molecule is Cc1cccc2c1N(C=Nc1ccccc1)c1cc(Oc3ccc4c5cccc6c7ccccc7c7ccccc7c7cccnc7n(c4c3)c65)ccc1[Si]2(C)C. The van der Waals surface area contributed by atoms with Gasteiger partial charge in [-0.2, -0.15) is 0 Å². The summed E-state index contributed by atoms with van der Waals surface area (Å²) in [4.78, 5) is 12.3. The Morgan fingerprint density at radius 1 is 0.561 bits per heavy atom. The van der Waals surface area contributed by atoms with Crippen molar-refractivity contribution in [2.45, 2.75) is 20.0 Å². The number of fused-ring (bicyclic) bond motifs is 12. The Kier molecular flexibility index (Phi) is 7.46. The molecule has 0 unspecified atom stereocenters. The summed E-state index contributed by atoms with van der Waals surface area (Å²) in [6.07, 6.45) is 3.88. The summed E-state index contributed by atoms with van der Waals surface area (Å²) in [6, 6.07) is 58.2. The van der Waals surface area contributed by atoms with Crippen LogP contribution in [0, 0.1) is 6.92 Å². The van der Waals surface area contributed by atoms with Crippen LogP contribution in [0.2, 0.25) is 13.1 Å². The van der Waals surface area contributed by atoms with Crippen molar-refractivity contribution in [3.8, 4) is 11.5 Å². The van der Waals surface area contributed by atoms with Gasteiger partial charge >= 0.3 is 0 Å². The van der Waals surface area contributed by atoms with Gasteiger partial charge in [-0.05, 0) is 86.9 Å². The zero-order valence-corrected chi connectivity index (χ0v) is 32.9. The first kappa shape index (κ1) is 33.3. The Morgan fingerprint density at radius 2 is 1.18 bits per heavy atom. The van der Waals surface area contributed by atoms with Crippen molar-refractivity contribution >= 4 is 102 Å². The third-order valence-electron chi connectivity index (χ3n) is 11.9. The maximum Gasteiger partial charge on any atom is 0.145 e. The van der Waals surface area contributed by atoms with Crippen LogP contribution in [0.3, 0.4) is 0 Å². The van der Waals surface area contributed by atoms with Crippen LogP contribution in [0.15, 0.2) is 175 Å². The fraction of sp³-hybridized carbons (Fsp3) is 0.0588. The number of ether oxygens (including phenoxy) is 1. The van der Waals surface area contributed by atoms with Gasteiger partial charge in [-0.15, -0.1) is 0 Å². The molecule has 0 atom stereocenters. The molecule has 0 fully saturated rings. The number of benzene rings is 7. The standard InChI is InChI=1S/C51H38N4OSi/c1-33-14-11-24-48-49(33)54(32-53-34-15-5-4-6-16-34)46-31-36(26-28-47(46)57(48,2)3)56-35-25-27-41-43-22-12-21-42-39-19-9-7-17-37(39)38-18-8-10-20-40(38)44-23-13-29-52-51(44)55(50(42)43)45(41)30-35/h4-32H,1-3H3. The minimum absolute atomic E-state index is 0.759. The molecule has 0 radical (unpaired) electrons. The third-order valence-corrected chi connectivity index (χ3v) is 15.4. The highest BCUT2D eigenvalue weighted by Gasteiger charge is 2.38. The number of anilines is 2. The zero-order valence-electron chi connectivity index (χ0n) is 31.9. The van der Waals surface area contributed by atoms with Crippen LogP contribution in [0.4, 0.5) is 17.1 Å². The van der Waals surface area contributed by atoms with Gasteiger partial charge < -0.3 is 9.64 Å². The summed E-state index contributed by atoms with van der Waals surface area (Å²) in [5.74, 6) is 1.53. The van der Waals surface area contributed by atoms with Crippen LogP contribution in [-0.4, -0.2) is 23.8 Å². The van der Waals surface area contributed by atoms with Crippen molar-refractivity contribution < 1.29 is 4.74 Å². The predicted molar refractivity (Wildman–Crippen MR) is 243 cm³/mol. The van der Waals surface area contributed by atoms with Gasteiger partial charge in [0.1, 0.15) is 31.6 Å². The lowest BCUT2D eigenvalue weighted by atomic mass is 10.0. The van der Waals surface area contributed by atoms with Gasteiger partial charge in [-0.1, -0.05) is 122 Å². The van der Waals surface area contributed by atoms with Crippen molar-refractivity contribution in [2.75, 3.05) is 4.90 Å². The molecule has 0 saturated carbocycles. The van der Waals surface area contributed by atoms with E-state index in [1.54, 1.807) is 0 Å². The summed E-state index contributed by atoms with van der Waals surface area (Å²) in [5.41, 5.74) is 7.53. The highest BCUT2D eigenvalue weighted by atomic mass is 28.3. The topological polar surface area (TPSA) is 42.1 Å². The molecule has 3 aromatic heterocycles. The first-order valence-corrected chi connectivity index (χ1v) is 22.5. The predicted octanol–water partition coefficient (Wildman–Crippen LogP) is 12.4. The lowest BCUT2D eigenvalue weighted by Gasteiger charge is -2.40. The van der Waals surface area contributed by atoms with Crippen LogP contribution >= 0.6 is 0 Å². The second-order valence-corrected chi connectivity index (χ2v) is 19.8. The summed E-state index contributed by atoms with van der Waals surface area (Å²) in [6.45, 7) is 7.08. The molecule has 10 aromatic rings. The molecule has 11 rings (SSSR count). The average molecular weight is 751 g/mol. The molecule has 5 nitrogen and oxygen atoms in total. The van der Waals surface area contributed by atoms with E-state index in [1.165, 1.54) is 48.6 Å². The average Bonchev–Trinajstić information content (AvgIpc) is 3.59. The Balaban J connectivity index is 1.14. The number of aliphatic imine (C=N–C) groups is 1. The maximum absolute atomic E-state index is 6.89. The highest BCUT2D eigenvalue weighted by Crippen LogP contribution is 2.41. The van der Waals surface area contributed by atoms with Crippen molar-refractivity contribution in [1.29, 1.82) is 0 Å². The molecule has 0 aliphatic carbocycles. The van der Waals surface area contributed by atoms with Crippen LogP contribution in [-0.2, 0) is 0 Å². The number of aryl methyl sites for hydroxylation is 1. The quantitative estimate of drug-likeness (QED) is 0.102. The molecule has 57 heavy (non-hydrogen) atoms. The first-order valence-electron chi connectivity index (χ1n) is 19.5. The molecule has 272 valence electrons. The van der Waals surface area contributed by atoms with Crippen molar-refractivity contribution in [3.05, 3.63) is 176 Å². The highest BCUT2D eigenvalue weighted by molar-refractivity contribution is 7.02. The maximum atomic E-state index is 6.89. The van der Waals surface area contributed by atoms with Crippen molar-refractivity contribution in [3.63, 3.8) is 0 Å². The number of rotatable bonds is 4. The fourth-order valence-electron chi connectivity index (χ4n) is 9.18. The lowest BCUT2D eigenvalue weighted by molar-refractivity contribution is 0.483. The van der Waals surface area contributed by atoms with E-state index in [4.69, 9.17) is 14.7 Å². The molecule has 0 bridgehead atoms. The molecule has 0 N–H and O–H groups in total.